The predicted molar refractivity (Wildman–Crippen MR) is 83.4 cm³/mol. The number of aliphatic carboxylic acids is 1. The minimum atomic E-state index is -0.663. The van der Waals surface area contributed by atoms with Gasteiger partial charge in [0.05, 0.1) is 5.52 Å². The quantitative estimate of drug-likeness (QED) is 0.914. The zero-order valence-corrected chi connectivity index (χ0v) is 12.4. The second-order valence-electron chi connectivity index (χ2n) is 6.24. The van der Waals surface area contributed by atoms with Gasteiger partial charge >= 0.3 is 5.97 Å². The van der Waals surface area contributed by atoms with Crippen LogP contribution in [-0.4, -0.2) is 16.1 Å². The number of nitrogens with zero attached hydrogens (tertiary/aromatic N) is 1. The van der Waals surface area contributed by atoms with Crippen molar-refractivity contribution >= 4 is 16.9 Å². The van der Waals surface area contributed by atoms with Crippen LogP contribution in [0.25, 0.3) is 10.9 Å². The lowest BCUT2D eigenvalue weighted by Gasteiger charge is -2.28. The largest absolute Gasteiger partial charge is 0.481 e. The molecule has 1 aliphatic carbocycles. The van der Waals surface area contributed by atoms with Gasteiger partial charge in [-0.05, 0) is 68.2 Å². The van der Waals surface area contributed by atoms with Crippen LogP contribution >= 0.6 is 0 Å². The van der Waals surface area contributed by atoms with E-state index in [0.717, 1.165) is 31.2 Å². The third-order valence-corrected chi connectivity index (χ3v) is 4.68. The summed E-state index contributed by atoms with van der Waals surface area (Å²) in [6.07, 6.45) is 6.44. The third-order valence-electron chi connectivity index (χ3n) is 4.68. The summed E-state index contributed by atoms with van der Waals surface area (Å²) in [5.41, 5.74) is 3.71. The molecule has 0 bridgehead atoms. The number of hydrogen-bond acceptors (Lipinski definition) is 2. The van der Waals surface area contributed by atoms with E-state index < -0.39 is 5.97 Å². The molecule has 110 valence electrons. The Morgan fingerprint density at radius 3 is 2.71 bits per heavy atom. The van der Waals surface area contributed by atoms with Crippen molar-refractivity contribution < 1.29 is 9.90 Å². The molecule has 3 heteroatoms. The molecule has 0 spiro atoms. The Morgan fingerprint density at radius 2 is 2.00 bits per heavy atom. The number of aromatic nitrogens is 1. The van der Waals surface area contributed by atoms with Crippen molar-refractivity contribution in [2.45, 2.75) is 44.9 Å². The lowest BCUT2D eigenvalue weighted by atomic mass is 9.77. The van der Waals surface area contributed by atoms with E-state index in [1.807, 2.05) is 6.20 Å². The highest BCUT2D eigenvalue weighted by Gasteiger charge is 2.25. The summed E-state index contributed by atoms with van der Waals surface area (Å²) in [4.78, 5) is 15.3. The molecule has 1 aliphatic rings. The van der Waals surface area contributed by atoms with Crippen molar-refractivity contribution in [1.29, 1.82) is 0 Å². The van der Waals surface area contributed by atoms with Crippen LogP contribution < -0.4 is 0 Å². The first-order valence-electron chi connectivity index (χ1n) is 7.70. The Kier molecular flexibility index (Phi) is 3.91. The zero-order chi connectivity index (χ0) is 14.8. The van der Waals surface area contributed by atoms with Gasteiger partial charge in [-0.15, -0.1) is 0 Å². The van der Waals surface area contributed by atoms with E-state index in [1.165, 1.54) is 16.5 Å². The van der Waals surface area contributed by atoms with Gasteiger partial charge in [0.1, 0.15) is 0 Å². The Balaban J connectivity index is 1.82. The van der Waals surface area contributed by atoms with Gasteiger partial charge in [0, 0.05) is 18.0 Å². The third kappa shape index (κ3) is 3.07. The van der Waals surface area contributed by atoms with Crippen LogP contribution in [0.5, 0.6) is 0 Å². The smallest absolute Gasteiger partial charge is 0.303 e. The highest BCUT2D eigenvalue weighted by atomic mass is 16.4. The SMILES string of the molecule is Cc1ccc2nccc(C3CCC(CC(=O)O)CC3)c2c1. The van der Waals surface area contributed by atoms with Gasteiger partial charge in [-0.2, -0.15) is 0 Å². The number of rotatable bonds is 3. The molecule has 1 aromatic carbocycles. The lowest BCUT2D eigenvalue weighted by Crippen LogP contribution is -2.16. The molecule has 0 saturated heterocycles. The summed E-state index contributed by atoms with van der Waals surface area (Å²) in [5, 5.41) is 10.2. The van der Waals surface area contributed by atoms with Crippen LogP contribution in [0.2, 0.25) is 0 Å². The van der Waals surface area contributed by atoms with Crippen molar-refractivity contribution in [3.8, 4) is 0 Å². The molecule has 2 aromatic rings. The van der Waals surface area contributed by atoms with Crippen molar-refractivity contribution in [2.24, 2.45) is 5.92 Å². The van der Waals surface area contributed by atoms with Crippen LogP contribution in [-0.2, 0) is 4.79 Å². The molecule has 3 rings (SSSR count). The number of aryl methyl sites for hydroxylation is 1. The minimum absolute atomic E-state index is 0.322. The Bertz CT molecular complexity index is 657. The average molecular weight is 283 g/mol. The van der Waals surface area contributed by atoms with Gasteiger partial charge in [0.2, 0.25) is 0 Å². The molecule has 0 unspecified atom stereocenters. The molecule has 0 radical (unpaired) electrons. The Labute approximate surface area is 125 Å². The van der Waals surface area contributed by atoms with Gasteiger partial charge in [-0.3, -0.25) is 9.78 Å². The van der Waals surface area contributed by atoms with Crippen molar-refractivity contribution in [3.05, 3.63) is 41.6 Å². The number of pyridine rings is 1. The van der Waals surface area contributed by atoms with Crippen LogP contribution in [0.1, 0.15) is 49.1 Å². The van der Waals surface area contributed by atoms with E-state index >= 15 is 0 Å². The standard InChI is InChI=1S/C18H21NO2/c1-12-2-7-17-16(10-12)15(8-9-19-17)14-5-3-13(4-6-14)11-18(20)21/h2,7-10,13-14H,3-6,11H2,1H3,(H,20,21). The maximum Gasteiger partial charge on any atom is 0.303 e. The normalized spacial score (nSPS) is 22.3. The van der Waals surface area contributed by atoms with E-state index in [2.05, 4.69) is 36.2 Å². The Hall–Kier alpha value is -1.90. The number of carboxylic acid groups (broad SMARTS) is 1. The number of fused-ring (bicyclic) bond motifs is 1. The molecule has 1 N–H and O–H groups in total. The highest BCUT2D eigenvalue weighted by Crippen LogP contribution is 2.39. The first kappa shape index (κ1) is 14.1. The van der Waals surface area contributed by atoms with Crippen LogP contribution in [0.4, 0.5) is 0 Å². The number of carbonyl (C=O) groups is 1. The topological polar surface area (TPSA) is 50.2 Å². The van der Waals surface area contributed by atoms with Crippen LogP contribution in [0.3, 0.4) is 0 Å². The summed E-state index contributed by atoms with van der Waals surface area (Å²) >= 11 is 0. The summed E-state index contributed by atoms with van der Waals surface area (Å²) < 4.78 is 0. The zero-order valence-electron chi connectivity index (χ0n) is 12.4. The average Bonchev–Trinajstić information content (AvgIpc) is 2.47. The maximum atomic E-state index is 10.8. The molecule has 0 atom stereocenters. The summed E-state index contributed by atoms with van der Waals surface area (Å²) in [5.74, 6) is 0.236. The fourth-order valence-corrected chi connectivity index (χ4v) is 3.56. The molecule has 1 heterocycles. The lowest BCUT2D eigenvalue weighted by molar-refractivity contribution is -0.138. The van der Waals surface area contributed by atoms with Crippen molar-refractivity contribution in [2.75, 3.05) is 0 Å². The molecule has 21 heavy (non-hydrogen) atoms. The van der Waals surface area contributed by atoms with Crippen LogP contribution in [0, 0.1) is 12.8 Å². The second-order valence-corrected chi connectivity index (χ2v) is 6.24. The van der Waals surface area contributed by atoms with Gasteiger partial charge in [0.25, 0.3) is 0 Å². The van der Waals surface area contributed by atoms with Gasteiger partial charge in [0.15, 0.2) is 0 Å². The molecule has 1 saturated carbocycles. The van der Waals surface area contributed by atoms with Crippen molar-refractivity contribution in [3.63, 3.8) is 0 Å². The fraction of sp³-hybridized carbons (Fsp3) is 0.444. The Morgan fingerprint density at radius 1 is 1.24 bits per heavy atom. The van der Waals surface area contributed by atoms with E-state index in [9.17, 15) is 4.79 Å². The van der Waals surface area contributed by atoms with E-state index in [0.29, 0.717) is 18.3 Å². The highest BCUT2D eigenvalue weighted by molar-refractivity contribution is 5.83. The second kappa shape index (κ2) is 5.84. The molecule has 1 aromatic heterocycles. The number of hydrogen-bond donors (Lipinski definition) is 1. The van der Waals surface area contributed by atoms with E-state index in [1.54, 1.807) is 0 Å². The van der Waals surface area contributed by atoms with Gasteiger partial charge < -0.3 is 5.11 Å². The van der Waals surface area contributed by atoms with E-state index in [-0.39, 0.29) is 0 Å². The van der Waals surface area contributed by atoms with E-state index in [4.69, 9.17) is 5.11 Å². The summed E-state index contributed by atoms with van der Waals surface area (Å²) in [7, 11) is 0. The predicted octanol–water partition coefficient (Wildman–Crippen LogP) is 4.29. The molecular formula is C18H21NO2. The van der Waals surface area contributed by atoms with Gasteiger partial charge in [-0.1, -0.05) is 11.6 Å². The van der Waals surface area contributed by atoms with Gasteiger partial charge in [-0.25, -0.2) is 0 Å². The first-order valence-corrected chi connectivity index (χ1v) is 7.70. The minimum Gasteiger partial charge on any atom is -0.481 e. The molecular weight excluding hydrogens is 262 g/mol. The molecule has 1 fully saturated rings. The summed E-state index contributed by atoms with van der Waals surface area (Å²) in [6, 6.07) is 8.55. The van der Waals surface area contributed by atoms with Crippen molar-refractivity contribution in [1.82, 2.24) is 4.98 Å². The monoisotopic (exact) mass is 283 g/mol. The number of carboxylic acids is 1. The molecule has 0 amide bonds. The summed E-state index contributed by atoms with van der Waals surface area (Å²) in [6.45, 7) is 2.11. The first-order chi connectivity index (χ1) is 10.1. The number of benzene rings is 1. The fourth-order valence-electron chi connectivity index (χ4n) is 3.56. The maximum absolute atomic E-state index is 10.8. The van der Waals surface area contributed by atoms with Crippen LogP contribution in [0.15, 0.2) is 30.5 Å². The molecule has 3 nitrogen and oxygen atoms in total. The molecule has 0 aliphatic heterocycles.